The van der Waals surface area contributed by atoms with Gasteiger partial charge in [-0.25, -0.2) is 4.99 Å². The Bertz CT molecular complexity index is 523. The molecule has 0 fully saturated rings. The summed E-state index contributed by atoms with van der Waals surface area (Å²) in [5, 5.41) is 13.8. The van der Waals surface area contributed by atoms with Crippen LogP contribution in [0.4, 0.5) is 17.1 Å². The Hall–Kier alpha value is -1.88. The van der Waals surface area contributed by atoms with E-state index in [-0.39, 0.29) is 18.1 Å². The van der Waals surface area contributed by atoms with E-state index >= 15 is 0 Å². The SMILES string of the molecule is CC1=CC(C)=[NH+]c2ccc([N+](=O)[O-])cc2N1.[Cl-]. The van der Waals surface area contributed by atoms with E-state index < -0.39 is 4.92 Å². The molecule has 0 aliphatic carbocycles. The van der Waals surface area contributed by atoms with Gasteiger partial charge in [-0.2, -0.15) is 0 Å². The van der Waals surface area contributed by atoms with Crippen LogP contribution in [0.2, 0.25) is 0 Å². The van der Waals surface area contributed by atoms with Crippen LogP contribution in [0, 0.1) is 10.1 Å². The van der Waals surface area contributed by atoms with Gasteiger partial charge in [0.15, 0.2) is 5.71 Å². The van der Waals surface area contributed by atoms with E-state index in [0.717, 1.165) is 22.8 Å². The van der Waals surface area contributed by atoms with Crippen molar-refractivity contribution in [1.82, 2.24) is 0 Å². The zero-order valence-electron chi connectivity index (χ0n) is 9.45. The second kappa shape index (κ2) is 4.97. The monoisotopic (exact) mass is 253 g/mol. The number of fused-ring (bicyclic) bond motifs is 1. The highest BCUT2D eigenvalue weighted by Gasteiger charge is 2.16. The van der Waals surface area contributed by atoms with Gasteiger partial charge in [0.2, 0.25) is 5.69 Å². The Kier molecular flexibility index (Phi) is 3.85. The average Bonchev–Trinajstić information content (AvgIpc) is 2.32. The van der Waals surface area contributed by atoms with Gasteiger partial charge in [0.25, 0.3) is 5.69 Å². The summed E-state index contributed by atoms with van der Waals surface area (Å²) in [5.41, 5.74) is 3.60. The largest absolute Gasteiger partial charge is 1.00 e. The highest BCUT2D eigenvalue weighted by Crippen LogP contribution is 2.25. The van der Waals surface area contributed by atoms with Crippen LogP contribution in [0.25, 0.3) is 0 Å². The van der Waals surface area contributed by atoms with Gasteiger partial charge in [0.1, 0.15) is 5.69 Å². The lowest BCUT2D eigenvalue weighted by Crippen LogP contribution is -3.00. The third-order valence-electron chi connectivity index (χ3n) is 2.31. The van der Waals surface area contributed by atoms with E-state index in [4.69, 9.17) is 0 Å². The molecular weight excluding hydrogens is 242 g/mol. The number of hydrogen-bond acceptors (Lipinski definition) is 3. The van der Waals surface area contributed by atoms with E-state index in [2.05, 4.69) is 10.3 Å². The average molecular weight is 254 g/mol. The predicted octanol–water partition coefficient (Wildman–Crippen LogP) is -1.90. The molecule has 1 aromatic rings. The number of anilines is 1. The molecule has 0 bridgehead atoms. The third kappa shape index (κ3) is 2.82. The Balaban J connectivity index is 0.00000144. The Morgan fingerprint density at radius 3 is 2.71 bits per heavy atom. The van der Waals surface area contributed by atoms with Gasteiger partial charge in [0, 0.05) is 36.9 Å². The molecule has 90 valence electrons. The molecule has 5 nitrogen and oxygen atoms in total. The highest BCUT2D eigenvalue weighted by molar-refractivity contribution is 5.91. The smallest absolute Gasteiger partial charge is 0.272 e. The second-order valence-electron chi connectivity index (χ2n) is 3.75. The van der Waals surface area contributed by atoms with Crippen LogP contribution >= 0.6 is 0 Å². The fourth-order valence-corrected chi connectivity index (χ4v) is 1.68. The van der Waals surface area contributed by atoms with Gasteiger partial charge in [-0.15, -0.1) is 0 Å². The van der Waals surface area contributed by atoms with Crippen LogP contribution in [0.15, 0.2) is 30.0 Å². The van der Waals surface area contributed by atoms with Gasteiger partial charge < -0.3 is 17.7 Å². The first-order chi connectivity index (χ1) is 7.56. The minimum absolute atomic E-state index is 0. The number of benzene rings is 1. The maximum Gasteiger partial charge on any atom is 0.272 e. The van der Waals surface area contributed by atoms with E-state index in [0.29, 0.717) is 0 Å². The summed E-state index contributed by atoms with van der Waals surface area (Å²) >= 11 is 0. The highest BCUT2D eigenvalue weighted by atomic mass is 35.5. The van der Waals surface area contributed by atoms with E-state index in [1.165, 1.54) is 12.1 Å². The molecule has 1 aliphatic heterocycles. The number of hydrogen-bond donors (Lipinski definition) is 2. The number of non-ortho nitro benzene ring substituents is 1. The zero-order valence-corrected chi connectivity index (χ0v) is 10.2. The number of halogens is 1. The van der Waals surface area contributed by atoms with Crippen molar-refractivity contribution in [1.29, 1.82) is 0 Å². The summed E-state index contributed by atoms with van der Waals surface area (Å²) < 4.78 is 0. The lowest BCUT2D eigenvalue weighted by Gasteiger charge is -2.03. The first-order valence-electron chi connectivity index (χ1n) is 4.90. The summed E-state index contributed by atoms with van der Waals surface area (Å²) in [6.45, 7) is 3.86. The van der Waals surface area contributed by atoms with Gasteiger partial charge in [-0.05, 0) is 6.92 Å². The quantitative estimate of drug-likeness (QED) is 0.454. The lowest BCUT2D eigenvalue weighted by atomic mass is 10.2. The van der Waals surface area contributed by atoms with Crippen molar-refractivity contribution < 1.29 is 22.3 Å². The normalized spacial score (nSPS) is 13.3. The maximum atomic E-state index is 10.7. The molecule has 0 aromatic heterocycles. The molecule has 0 radical (unpaired) electrons. The van der Waals surface area contributed by atoms with Gasteiger partial charge >= 0.3 is 0 Å². The molecule has 1 aliphatic rings. The maximum absolute atomic E-state index is 10.7. The minimum atomic E-state index is -0.400. The topological polar surface area (TPSA) is 69.1 Å². The van der Waals surface area contributed by atoms with Crippen LogP contribution in [-0.4, -0.2) is 10.6 Å². The number of nitrogens with zero attached hydrogens (tertiary/aromatic N) is 1. The number of allylic oxidation sites excluding steroid dienone is 2. The third-order valence-corrected chi connectivity index (χ3v) is 2.31. The number of nitrogens with one attached hydrogen (secondary N) is 2. The molecule has 0 amide bonds. The van der Waals surface area contributed by atoms with Crippen molar-refractivity contribution in [2.75, 3.05) is 5.32 Å². The van der Waals surface area contributed by atoms with E-state index in [1.807, 2.05) is 19.9 Å². The first-order valence-corrected chi connectivity index (χ1v) is 4.90. The van der Waals surface area contributed by atoms with E-state index in [1.54, 1.807) is 6.07 Å². The minimum Gasteiger partial charge on any atom is -1.00 e. The van der Waals surface area contributed by atoms with Crippen LogP contribution in [0.3, 0.4) is 0 Å². The summed E-state index contributed by atoms with van der Waals surface area (Å²) in [6, 6.07) is 4.72. The summed E-state index contributed by atoms with van der Waals surface area (Å²) in [5.74, 6) is 0. The summed E-state index contributed by atoms with van der Waals surface area (Å²) in [4.78, 5) is 13.4. The first kappa shape index (κ1) is 13.2. The molecule has 2 N–H and O–H groups in total. The number of rotatable bonds is 1. The molecule has 17 heavy (non-hydrogen) atoms. The summed E-state index contributed by atoms with van der Waals surface area (Å²) in [7, 11) is 0. The van der Waals surface area contributed by atoms with Crippen LogP contribution in [-0.2, 0) is 0 Å². The molecule has 0 saturated carbocycles. The molecule has 0 saturated heterocycles. The molecule has 2 rings (SSSR count). The van der Waals surface area contributed by atoms with Crippen LogP contribution in [0.1, 0.15) is 13.8 Å². The Labute approximate surface area is 105 Å². The fraction of sp³-hybridized carbons (Fsp3) is 0.182. The fourth-order valence-electron chi connectivity index (χ4n) is 1.68. The Morgan fingerprint density at radius 2 is 2.06 bits per heavy atom. The zero-order chi connectivity index (χ0) is 11.7. The number of nitro groups is 1. The van der Waals surface area contributed by atoms with Crippen molar-refractivity contribution in [3.05, 3.63) is 40.1 Å². The van der Waals surface area contributed by atoms with Crippen LogP contribution in [0.5, 0.6) is 0 Å². The molecular formula is C11H12ClN3O2. The van der Waals surface area contributed by atoms with Crippen LogP contribution < -0.4 is 22.7 Å². The molecule has 1 aromatic carbocycles. The van der Waals surface area contributed by atoms with Gasteiger partial charge in [-0.1, -0.05) is 0 Å². The Morgan fingerprint density at radius 1 is 1.35 bits per heavy atom. The van der Waals surface area contributed by atoms with Gasteiger partial charge in [-0.3, -0.25) is 10.1 Å². The van der Waals surface area contributed by atoms with E-state index in [9.17, 15) is 10.1 Å². The van der Waals surface area contributed by atoms with Crippen molar-refractivity contribution in [2.45, 2.75) is 13.8 Å². The molecule has 0 spiro atoms. The molecule has 1 heterocycles. The lowest BCUT2D eigenvalue weighted by molar-refractivity contribution is -0.385. The second-order valence-corrected chi connectivity index (χ2v) is 3.75. The van der Waals surface area contributed by atoms with Gasteiger partial charge in [0.05, 0.1) is 4.92 Å². The molecule has 0 atom stereocenters. The van der Waals surface area contributed by atoms with Crippen molar-refractivity contribution in [3.8, 4) is 0 Å². The molecule has 0 unspecified atom stereocenters. The van der Waals surface area contributed by atoms with Crippen molar-refractivity contribution in [3.63, 3.8) is 0 Å². The summed E-state index contributed by atoms with van der Waals surface area (Å²) in [6.07, 6.45) is 1.95. The van der Waals surface area contributed by atoms with Crippen molar-refractivity contribution in [2.24, 2.45) is 0 Å². The predicted molar refractivity (Wildman–Crippen MR) is 61.8 cm³/mol. The standard InChI is InChI=1S/C11H11N3O2.ClH/c1-7-5-8(2)13-11-6-9(14(15)16)3-4-10(11)12-7;/h3-6,13H,1-2H3;1H. The van der Waals surface area contributed by atoms with Crippen molar-refractivity contribution >= 4 is 22.8 Å². The molecule has 6 heteroatoms. The number of nitro benzene ring substituents is 1.